The maximum atomic E-state index is 10.6. The average Bonchev–Trinajstić information content (AvgIpc) is 1.96. The molecule has 0 aromatic heterocycles. The third-order valence-electron chi connectivity index (χ3n) is 1.56. The number of carboxylic acids is 1. The highest BCUT2D eigenvalue weighted by Gasteiger charge is 2.19. The van der Waals surface area contributed by atoms with Crippen molar-refractivity contribution in [2.75, 3.05) is 0 Å². The fourth-order valence-corrected chi connectivity index (χ4v) is 1.56. The van der Waals surface area contributed by atoms with Gasteiger partial charge in [0.05, 0.1) is 0 Å². The van der Waals surface area contributed by atoms with Crippen molar-refractivity contribution in [1.82, 2.24) is 0 Å². The van der Waals surface area contributed by atoms with Crippen molar-refractivity contribution < 1.29 is 22.9 Å². The minimum Gasteiger partial charge on any atom is -0.478 e. The fourth-order valence-electron chi connectivity index (χ4n) is 0.765. The highest BCUT2D eigenvalue weighted by atomic mass is 32.2. The van der Waals surface area contributed by atoms with Crippen LogP contribution in [0.4, 0.5) is 0 Å². The molecule has 0 aliphatic rings. The van der Waals surface area contributed by atoms with Gasteiger partial charge < -0.3 is 5.11 Å². The van der Waals surface area contributed by atoms with E-state index in [0.717, 1.165) is 6.08 Å². The molecule has 0 amide bonds. The maximum absolute atomic E-state index is 10.6. The van der Waals surface area contributed by atoms with Crippen molar-refractivity contribution in [3.05, 3.63) is 11.6 Å². The molecule has 0 fully saturated rings. The molecule has 0 heterocycles. The molecular formula is C7H12O5S. The van der Waals surface area contributed by atoms with Crippen molar-refractivity contribution >= 4 is 16.1 Å². The van der Waals surface area contributed by atoms with E-state index < -0.39 is 21.3 Å². The van der Waals surface area contributed by atoms with Gasteiger partial charge in [0.2, 0.25) is 0 Å². The van der Waals surface area contributed by atoms with Gasteiger partial charge in [-0.15, -0.1) is 0 Å². The summed E-state index contributed by atoms with van der Waals surface area (Å²) in [5, 5.41) is 7.31. The zero-order chi connectivity index (χ0) is 10.6. The van der Waals surface area contributed by atoms with Crippen LogP contribution in [0.2, 0.25) is 0 Å². The van der Waals surface area contributed by atoms with Crippen molar-refractivity contribution in [2.45, 2.75) is 25.5 Å². The molecular weight excluding hydrogens is 196 g/mol. The van der Waals surface area contributed by atoms with Gasteiger partial charge in [0, 0.05) is 5.57 Å². The predicted molar refractivity (Wildman–Crippen MR) is 47.0 cm³/mol. The van der Waals surface area contributed by atoms with Gasteiger partial charge in [-0.25, -0.2) is 4.79 Å². The van der Waals surface area contributed by atoms with Gasteiger partial charge in [0.15, 0.2) is 0 Å². The van der Waals surface area contributed by atoms with E-state index in [1.165, 1.54) is 6.92 Å². The summed E-state index contributed by atoms with van der Waals surface area (Å²) in [6.45, 7) is 2.82. The lowest BCUT2D eigenvalue weighted by Crippen LogP contribution is -2.18. The Bertz CT molecular complexity index is 314. The molecule has 1 atom stereocenters. The first kappa shape index (κ1) is 12.1. The molecule has 2 N–H and O–H groups in total. The summed E-state index contributed by atoms with van der Waals surface area (Å²) in [6.07, 6.45) is 1.17. The second-order valence-corrected chi connectivity index (χ2v) is 4.25. The Morgan fingerprint density at radius 2 is 2.00 bits per heavy atom. The van der Waals surface area contributed by atoms with Crippen LogP contribution >= 0.6 is 0 Å². The van der Waals surface area contributed by atoms with Gasteiger partial charge in [0.1, 0.15) is 5.25 Å². The third-order valence-corrected chi connectivity index (χ3v) is 2.79. The Hall–Kier alpha value is -0.880. The Labute approximate surface area is 76.8 Å². The maximum Gasteiger partial charge on any atom is 0.330 e. The highest BCUT2D eigenvalue weighted by Crippen LogP contribution is 2.08. The molecule has 0 aromatic rings. The first-order valence-corrected chi connectivity index (χ1v) is 5.17. The number of rotatable bonds is 4. The normalized spacial score (nSPS) is 15.5. The van der Waals surface area contributed by atoms with E-state index in [4.69, 9.17) is 9.66 Å². The number of aliphatic carboxylic acids is 1. The lowest BCUT2D eigenvalue weighted by atomic mass is 10.2. The summed E-state index contributed by atoms with van der Waals surface area (Å²) in [5.74, 6) is -1.19. The monoisotopic (exact) mass is 208 g/mol. The molecule has 0 saturated heterocycles. The highest BCUT2D eigenvalue weighted by molar-refractivity contribution is 7.86. The summed E-state index contributed by atoms with van der Waals surface area (Å²) in [4.78, 5) is 10.3. The van der Waals surface area contributed by atoms with Crippen molar-refractivity contribution in [1.29, 1.82) is 0 Å². The minimum absolute atomic E-state index is 0.0931. The Kier molecular flexibility index (Phi) is 4.09. The average molecular weight is 208 g/mol. The van der Waals surface area contributed by atoms with Crippen LogP contribution in [0.15, 0.2) is 11.6 Å². The SMILES string of the molecule is CCC(C=C(C)C(=O)O)S(=O)(=O)O. The minimum atomic E-state index is -4.18. The molecule has 5 nitrogen and oxygen atoms in total. The molecule has 0 aromatic carbocycles. The van der Waals surface area contributed by atoms with Gasteiger partial charge in [-0.3, -0.25) is 4.55 Å². The molecule has 0 aliphatic heterocycles. The van der Waals surface area contributed by atoms with E-state index in [2.05, 4.69) is 0 Å². The van der Waals surface area contributed by atoms with Crippen molar-refractivity contribution in [3.63, 3.8) is 0 Å². The third kappa shape index (κ3) is 4.05. The van der Waals surface area contributed by atoms with Crippen LogP contribution in [0.1, 0.15) is 20.3 Å². The smallest absolute Gasteiger partial charge is 0.330 e. The number of hydrogen-bond donors (Lipinski definition) is 2. The summed E-state index contributed by atoms with van der Waals surface area (Å²) >= 11 is 0. The molecule has 0 bridgehead atoms. The Balaban J connectivity index is 4.85. The van der Waals surface area contributed by atoms with Crippen LogP contribution in [-0.2, 0) is 14.9 Å². The molecule has 1 unspecified atom stereocenters. The second kappa shape index (κ2) is 4.38. The van der Waals surface area contributed by atoms with Crippen LogP contribution in [0.5, 0.6) is 0 Å². The molecule has 76 valence electrons. The lowest BCUT2D eigenvalue weighted by molar-refractivity contribution is -0.132. The fraction of sp³-hybridized carbons (Fsp3) is 0.571. The van der Waals surface area contributed by atoms with Gasteiger partial charge in [0.25, 0.3) is 10.1 Å². The predicted octanol–water partition coefficient (Wildman–Crippen LogP) is 0.684. The van der Waals surface area contributed by atoms with Crippen LogP contribution < -0.4 is 0 Å². The molecule has 0 spiro atoms. The van der Waals surface area contributed by atoms with E-state index in [1.54, 1.807) is 6.92 Å². The van der Waals surface area contributed by atoms with Crippen LogP contribution in [0.25, 0.3) is 0 Å². The van der Waals surface area contributed by atoms with Crippen LogP contribution in [0, 0.1) is 0 Å². The summed E-state index contributed by atoms with van der Waals surface area (Å²) in [5.41, 5.74) is -0.0931. The van der Waals surface area contributed by atoms with Crippen LogP contribution in [-0.4, -0.2) is 29.3 Å². The first-order valence-electron chi connectivity index (χ1n) is 3.67. The van der Waals surface area contributed by atoms with Crippen LogP contribution in [0.3, 0.4) is 0 Å². The molecule has 0 radical (unpaired) electrons. The topological polar surface area (TPSA) is 91.7 Å². The molecule has 13 heavy (non-hydrogen) atoms. The molecule has 0 aliphatic carbocycles. The zero-order valence-corrected chi connectivity index (χ0v) is 8.21. The van der Waals surface area contributed by atoms with Gasteiger partial charge in [-0.2, -0.15) is 8.42 Å². The van der Waals surface area contributed by atoms with E-state index in [1.807, 2.05) is 0 Å². The zero-order valence-electron chi connectivity index (χ0n) is 7.39. The quantitative estimate of drug-likeness (QED) is 0.523. The Morgan fingerprint density at radius 1 is 1.54 bits per heavy atom. The van der Waals surface area contributed by atoms with E-state index in [0.29, 0.717) is 0 Å². The number of carbonyl (C=O) groups is 1. The molecule has 0 saturated carbocycles. The Morgan fingerprint density at radius 3 is 2.23 bits per heavy atom. The summed E-state index contributed by atoms with van der Waals surface area (Å²) in [6, 6.07) is 0. The number of carboxylic acid groups (broad SMARTS) is 1. The van der Waals surface area contributed by atoms with E-state index in [9.17, 15) is 13.2 Å². The van der Waals surface area contributed by atoms with E-state index in [-0.39, 0.29) is 12.0 Å². The summed E-state index contributed by atoms with van der Waals surface area (Å²) in [7, 11) is -4.18. The van der Waals surface area contributed by atoms with Gasteiger partial charge >= 0.3 is 5.97 Å². The first-order chi connectivity index (χ1) is 5.79. The standard InChI is InChI=1S/C7H12O5S/c1-3-6(13(10,11)12)4-5(2)7(8)9/h4,6H,3H2,1-2H3,(H,8,9)(H,10,11,12). The van der Waals surface area contributed by atoms with E-state index >= 15 is 0 Å². The van der Waals surface area contributed by atoms with Gasteiger partial charge in [-0.05, 0) is 13.3 Å². The number of hydrogen-bond acceptors (Lipinski definition) is 3. The van der Waals surface area contributed by atoms with Crippen molar-refractivity contribution in [2.24, 2.45) is 0 Å². The second-order valence-electron chi connectivity index (χ2n) is 2.62. The summed E-state index contributed by atoms with van der Waals surface area (Å²) < 4.78 is 29.9. The van der Waals surface area contributed by atoms with Gasteiger partial charge in [-0.1, -0.05) is 13.0 Å². The largest absolute Gasteiger partial charge is 0.478 e. The molecule has 0 rings (SSSR count). The molecule has 6 heteroatoms. The van der Waals surface area contributed by atoms with Crippen molar-refractivity contribution in [3.8, 4) is 0 Å². The lowest BCUT2D eigenvalue weighted by Gasteiger charge is -2.05.